The summed E-state index contributed by atoms with van der Waals surface area (Å²) >= 11 is 0. The highest BCUT2D eigenvalue weighted by atomic mass is 19.1. The predicted molar refractivity (Wildman–Crippen MR) is 163 cm³/mol. The van der Waals surface area contributed by atoms with E-state index in [9.17, 15) is 0 Å². The van der Waals surface area contributed by atoms with Crippen molar-refractivity contribution in [1.82, 2.24) is 0 Å². The number of para-hydroxylation sites is 1. The summed E-state index contributed by atoms with van der Waals surface area (Å²) in [5, 5.41) is 0. The second kappa shape index (κ2) is 9.45. The Morgan fingerprint density at radius 2 is 1.32 bits per heavy atom. The summed E-state index contributed by atoms with van der Waals surface area (Å²) in [4.78, 5) is 1.36. The summed E-state index contributed by atoms with van der Waals surface area (Å²) in [6.45, 7) is 9.67. The molecule has 6 rings (SSSR count). The van der Waals surface area contributed by atoms with Crippen LogP contribution in [-0.2, 0) is 5.41 Å². The lowest BCUT2D eigenvalue weighted by atomic mass is 9.81. The number of anilines is 2. The molecule has 0 aromatic heterocycles. The molecule has 0 heterocycles. The van der Waals surface area contributed by atoms with Crippen LogP contribution in [0.5, 0.6) is 0 Å². The van der Waals surface area contributed by atoms with Crippen molar-refractivity contribution in [3.05, 3.63) is 132 Å². The molecule has 0 fully saturated rings. The van der Waals surface area contributed by atoms with E-state index in [0.717, 1.165) is 16.7 Å². The average Bonchev–Trinajstić information content (AvgIpc) is 3.23. The first-order chi connectivity index (χ1) is 20.7. The van der Waals surface area contributed by atoms with Crippen molar-refractivity contribution in [2.45, 2.75) is 45.6 Å². The number of rotatable bonds is 4. The normalized spacial score (nSPS) is 15.0. The van der Waals surface area contributed by atoms with Crippen molar-refractivity contribution < 1.29 is 14.3 Å². The van der Waals surface area contributed by atoms with Gasteiger partial charge in [0.05, 0.1) is 16.9 Å². The molecule has 1 nitrogen and oxygen atoms in total. The van der Waals surface area contributed by atoms with Gasteiger partial charge in [-0.25, -0.2) is 8.78 Å². The van der Waals surface area contributed by atoms with Crippen LogP contribution in [0.25, 0.3) is 33.4 Å². The smallest absolute Gasteiger partial charge is 0.154 e. The van der Waals surface area contributed by atoms with E-state index in [4.69, 9.17) is 5.48 Å². The fourth-order valence-electron chi connectivity index (χ4n) is 5.91. The third-order valence-corrected chi connectivity index (χ3v) is 7.81. The lowest BCUT2D eigenvalue weighted by molar-refractivity contribution is 0.527. The number of fused-ring (bicyclic) bond motifs is 3. The molecule has 0 saturated carbocycles. The Labute approximate surface area is 241 Å². The van der Waals surface area contributed by atoms with Crippen LogP contribution in [-0.4, -0.2) is 5.54 Å². The predicted octanol–water partition coefficient (Wildman–Crippen LogP) is 10.5. The van der Waals surface area contributed by atoms with Gasteiger partial charge < -0.3 is 4.90 Å². The van der Waals surface area contributed by atoms with Crippen molar-refractivity contribution in [3.63, 3.8) is 0 Å². The van der Waals surface area contributed by atoms with Gasteiger partial charge >= 0.3 is 0 Å². The first-order valence-corrected chi connectivity index (χ1v) is 13.4. The minimum Gasteiger partial charge on any atom is -0.331 e. The molecule has 1 aliphatic carbocycles. The van der Waals surface area contributed by atoms with Gasteiger partial charge in [0.2, 0.25) is 0 Å². The third-order valence-electron chi connectivity index (χ3n) is 7.81. The molecule has 0 N–H and O–H groups in total. The van der Waals surface area contributed by atoms with Crippen LogP contribution in [0.2, 0.25) is 0 Å². The second-order valence-electron chi connectivity index (χ2n) is 11.8. The zero-order chi connectivity index (χ0) is 31.7. The maximum absolute atomic E-state index is 16.8. The summed E-state index contributed by atoms with van der Waals surface area (Å²) in [6, 6.07) is 24.6. The average molecular weight is 534 g/mol. The Morgan fingerprint density at radius 3 is 2.08 bits per heavy atom. The molecular weight excluding hydrogens is 496 g/mol. The Bertz CT molecular complexity index is 1920. The molecule has 0 saturated heterocycles. The maximum atomic E-state index is 16.8. The van der Waals surface area contributed by atoms with Gasteiger partial charge in [0, 0.05) is 16.5 Å². The zero-order valence-corrected chi connectivity index (χ0v) is 23.3. The van der Waals surface area contributed by atoms with E-state index in [2.05, 4.69) is 38.1 Å². The highest BCUT2D eigenvalue weighted by molar-refractivity contribution is 5.86. The first kappa shape index (κ1) is 21.6. The molecule has 5 aromatic carbocycles. The summed E-state index contributed by atoms with van der Waals surface area (Å²) in [5.41, 5.74) is 5.61. The Hall–Kier alpha value is -4.24. The van der Waals surface area contributed by atoms with Crippen molar-refractivity contribution in [1.29, 1.82) is 0 Å². The van der Waals surface area contributed by atoms with E-state index >= 15 is 8.78 Å². The largest absolute Gasteiger partial charge is 0.331 e. The summed E-state index contributed by atoms with van der Waals surface area (Å²) < 4.78 is 65.7. The van der Waals surface area contributed by atoms with Gasteiger partial charge in [-0.15, -0.1) is 0 Å². The molecule has 40 heavy (non-hydrogen) atoms. The summed E-state index contributed by atoms with van der Waals surface area (Å²) in [6.07, 6.45) is 0. The SMILES string of the molecule is [2H]c1c([2H])c([2H])c(N(c2cc(-c3ccc4c(c3)C(C)(C)c3ccccc3-4)cc(-c3ccccc3)c2F)C(C)(C)C)c(F)c1[2H]. The highest BCUT2D eigenvalue weighted by Crippen LogP contribution is 2.50. The van der Waals surface area contributed by atoms with Gasteiger partial charge in [-0.2, -0.15) is 0 Å². The quantitative estimate of drug-likeness (QED) is 0.222. The van der Waals surface area contributed by atoms with Crippen LogP contribution in [0.3, 0.4) is 0 Å². The van der Waals surface area contributed by atoms with Crippen molar-refractivity contribution in [3.8, 4) is 33.4 Å². The van der Waals surface area contributed by atoms with Gasteiger partial charge in [-0.3, -0.25) is 0 Å². The minimum absolute atomic E-state index is 0.0147. The Kier molecular flexibility index (Phi) is 5.09. The van der Waals surface area contributed by atoms with Gasteiger partial charge in [-0.1, -0.05) is 92.7 Å². The molecule has 0 spiro atoms. The fourth-order valence-corrected chi connectivity index (χ4v) is 5.91. The second-order valence-corrected chi connectivity index (χ2v) is 11.8. The highest BCUT2D eigenvalue weighted by Gasteiger charge is 2.35. The van der Waals surface area contributed by atoms with Crippen molar-refractivity contribution in [2.24, 2.45) is 0 Å². The monoisotopic (exact) mass is 533 g/mol. The van der Waals surface area contributed by atoms with E-state index < -0.39 is 47.0 Å². The zero-order valence-electron chi connectivity index (χ0n) is 27.3. The summed E-state index contributed by atoms with van der Waals surface area (Å²) in [7, 11) is 0. The molecule has 0 amide bonds. The van der Waals surface area contributed by atoms with E-state index in [1.54, 1.807) is 32.9 Å². The van der Waals surface area contributed by atoms with Gasteiger partial charge in [0.25, 0.3) is 0 Å². The Balaban J connectivity index is 1.65. The molecule has 200 valence electrons. The van der Waals surface area contributed by atoms with Crippen LogP contribution in [0.1, 0.15) is 51.2 Å². The molecule has 0 unspecified atom stereocenters. The van der Waals surface area contributed by atoms with Gasteiger partial charge in [0.1, 0.15) is 5.82 Å². The Morgan fingerprint density at radius 1 is 0.650 bits per heavy atom. The standard InChI is InChI=1S/C37H33F2N/c1-36(2,3)40(33-18-12-11-17-32(33)38)34-23-26(21-29(35(34)39)24-13-7-6-8-14-24)25-19-20-28-27-15-9-10-16-30(27)37(4,5)31(28)22-25/h6-23H,1-5H3/i11D,12D,17D,18D. The van der Waals surface area contributed by atoms with Crippen molar-refractivity contribution >= 4 is 11.4 Å². The summed E-state index contributed by atoms with van der Waals surface area (Å²) in [5.74, 6) is -1.75. The van der Waals surface area contributed by atoms with Crippen LogP contribution in [0, 0.1) is 11.6 Å². The third kappa shape index (κ3) is 4.21. The fraction of sp³-hybridized carbons (Fsp3) is 0.189. The van der Waals surface area contributed by atoms with E-state index in [1.165, 1.54) is 16.0 Å². The van der Waals surface area contributed by atoms with Crippen LogP contribution >= 0.6 is 0 Å². The number of hydrogen-bond acceptors (Lipinski definition) is 1. The molecule has 0 atom stereocenters. The molecule has 0 bridgehead atoms. The molecule has 3 heteroatoms. The first-order valence-electron chi connectivity index (χ1n) is 15.4. The van der Waals surface area contributed by atoms with Gasteiger partial charge in [-0.05, 0) is 90.0 Å². The molecule has 1 aliphatic rings. The number of halogens is 2. The van der Waals surface area contributed by atoms with E-state index in [-0.39, 0.29) is 11.1 Å². The maximum Gasteiger partial charge on any atom is 0.154 e. The molecular formula is C37H33F2N. The van der Waals surface area contributed by atoms with Crippen LogP contribution in [0.4, 0.5) is 20.2 Å². The van der Waals surface area contributed by atoms with Crippen LogP contribution in [0.15, 0.2) is 109 Å². The molecule has 0 aliphatic heterocycles. The number of nitrogens with zero attached hydrogens (tertiary/aromatic N) is 1. The minimum atomic E-state index is -1.13. The van der Waals surface area contributed by atoms with Crippen molar-refractivity contribution in [2.75, 3.05) is 4.90 Å². The number of benzene rings is 5. The lowest BCUT2D eigenvalue weighted by Gasteiger charge is -2.38. The molecule has 0 radical (unpaired) electrons. The van der Waals surface area contributed by atoms with E-state index in [1.807, 2.05) is 48.5 Å². The molecule has 5 aromatic rings. The van der Waals surface area contributed by atoms with Crippen LogP contribution < -0.4 is 4.90 Å². The topological polar surface area (TPSA) is 3.24 Å². The lowest BCUT2D eigenvalue weighted by Crippen LogP contribution is -2.38. The van der Waals surface area contributed by atoms with E-state index in [0.29, 0.717) is 16.7 Å². The number of hydrogen-bond donors (Lipinski definition) is 0. The van der Waals surface area contributed by atoms with Gasteiger partial charge in [0.15, 0.2) is 5.82 Å².